The van der Waals surface area contributed by atoms with Crippen LogP contribution in [0.25, 0.3) is 0 Å². The Morgan fingerprint density at radius 3 is 2.43 bits per heavy atom. The number of aryl methyl sites for hydroxylation is 2. The lowest BCUT2D eigenvalue weighted by Crippen LogP contribution is -2.37. The molecule has 0 radical (unpaired) electrons. The van der Waals surface area contributed by atoms with Gasteiger partial charge in [0.25, 0.3) is 0 Å². The summed E-state index contributed by atoms with van der Waals surface area (Å²) in [5.41, 5.74) is 1.41. The molecule has 0 aromatic heterocycles. The summed E-state index contributed by atoms with van der Waals surface area (Å²) < 4.78 is 32.8. The molecule has 1 fully saturated rings. The van der Waals surface area contributed by atoms with Crippen LogP contribution in [-0.4, -0.2) is 34.7 Å². The van der Waals surface area contributed by atoms with Gasteiger partial charge < -0.3 is 10.1 Å². The van der Waals surface area contributed by atoms with Crippen LogP contribution in [0.2, 0.25) is 0 Å². The summed E-state index contributed by atoms with van der Waals surface area (Å²) in [6, 6.07) is 3.73. The molecule has 1 aromatic carbocycles. The first-order chi connectivity index (χ1) is 9.44. The number of nitrogens with one attached hydrogen (secondary N) is 2. The molecule has 2 rings (SSSR count). The highest BCUT2D eigenvalue weighted by Crippen LogP contribution is 2.25. The van der Waals surface area contributed by atoms with E-state index in [4.69, 9.17) is 4.74 Å². The third-order valence-electron chi connectivity index (χ3n) is 3.62. The Bertz CT molecular complexity index is 561. The van der Waals surface area contributed by atoms with Crippen LogP contribution >= 0.6 is 12.4 Å². The van der Waals surface area contributed by atoms with E-state index in [9.17, 15) is 8.42 Å². The summed E-state index contributed by atoms with van der Waals surface area (Å²) in [7, 11) is -1.90. The number of benzene rings is 1. The second-order valence-electron chi connectivity index (χ2n) is 5.24. The summed E-state index contributed by atoms with van der Waals surface area (Å²) in [4.78, 5) is 0.358. The average Bonchev–Trinajstić information content (AvgIpc) is 2.88. The minimum Gasteiger partial charge on any atom is -0.497 e. The van der Waals surface area contributed by atoms with E-state index in [-0.39, 0.29) is 18.4 Å². The largest absolute Gasteiger partial charge is 0.497 e. The van der Waals surface area contributed by atoms with Gasteiger partial charge in [-0.05, 0) is 56.5 Å². The Hall–Kier alpha value is -0.820. The standard InChI is InChI=1S/C14H22N2O3S.ClH/c1-10-7-13(19-3)8-11(2)14(10)20(17,18)16-9-12-5-4-6-15-12;/h7-8,12,15-16H,4-6,9H2,1-3H3;1H. The zero-order chi connectivity index (χ0) is 14.8. The van der Waals surface area contributed by atoms with Crippen LogP contribution in [0.5, 0.6) is 5.75 Å². The molecule has 0 saturated carbocycles. The second-order valence-corrected chi connectivity index (χ2v) is 6.94. The van der Waals surface area contributed by atoms with Gasteiger partial charge in [0.1, 0.15) is 5.75 Å². The minimum atomic E-state index is -3.48. The van der Waals surface area contributed by atoms with E-state index in [0.29, 0.717) is 28.3 Å². The fourth-order valence-electron chi connectivity index (χ4n) is 2.67. The molecular weight excluding hydrogens is 312 g/mol. The van der Waals surface area contributed by atoms with Gasteiger partial charge in [-0.1, -0.05) is 0 Å². The van der Waals surface area contributed by atoms with Crippen molar-refractivity contribution >= 4 is 22.4 Å². The smallest absolute Gasteiger partial charge is 0.241 e. The van der Waals surface area contributed by atoms with E-state index >= 15 is 0 Å². The SMILES string of the molecule is COc1cc(C)c(S(=O)(=O)NCC2CCCN2)c(C)c1.Cl. The predicted molar refractivity (Wildman–Crippen MR) is 85.9 cm³/mol. The molecule has 1 atom stereocenters. The van der Waals surface area contributed by atoms with Crippen LogP contribution in [0, 0.1) is 13.8 Å². The van der Waals surface area contributed by atoms with Crippen molar-refractivity contribution in [1.29, 1.82) is 0 Å². The number of rotatable bonds is 5. The molecule has 120 valence electrons. The molecular formula is C14H23ClN2O3S. The van der Waals surface area contributed by atoms with Gasteiger partial charge in [-0.3, -0.25) is 0 Å². The van der Waals surface area contributed by atoms with E-state index in [1.165, 1.54) is 0 Å². The molecule has 1 saturated heterocycles. The molecule has 5 nitrogen and oxygen atoms in total. The Balaban J connectivity index is 0.00000220. The van der Waals surface area contributed by atoms with E-state index in [1.54, 1.807) is 33.1 Å². The van der Waals surface area contributed by atoms with Crippen molar-refractivity contribution in [2.24, 2.45) is 0 Å². The molecule has 0 aliphatic carbocycles. The van der Waals surface area contributed by atoms with Crippen LogP contribution in [0.3, 0.4) is 0 Å². The maximum absolute atomic E-state index is 12.5. The van der Waals surface area contributed by atoms with Crippen LogP contribution in [-0.2, 0) is 10.0 Å². The first kappa shape index (κ1) is 18.2. The van der Waals surface area contributed by atoms with Crippen molar-refractivity contribution < 1.29 is 13.2 Å². The highest BCUT2D eigenvalue weighted by atomic mass is 35.5. The summed E-state index contributed by atoms with van der Waals surface area (Å²) >= 11 is 0. The highest BCUT2D eigenvalue weighted by Gasteiger charge is 2.22. The fourth-order valence-corrected chi connectivity index (χ4v) is 4.20. The van der Waals surface area contributed by atoms with Crippen molar-refractivity contribution in [2.75, 3.05) is 20.2 Å². The number of sulfonamides is 1. The Morgan fingerprint density at radius 2 is 1.95 bits per heavy atom. The number of halogens is 1. The monoisotopic (exact) mass is 334 g/mol. The summed E-state index contributed by atoms with van der Waals surface area (Å²) in [5, 5.41) is 3.28. The van der Waals surface area contributed by atoms with E-state index < -0.39 is 10.0 Å². The summed E-state index contributed by atoms with van der Waals surface area (Å²) in [6.07, 6.45) is 2.12. The van der Waals surface area contributed by atoms with Gasteiger partial charge in [-0.2, -0.15) is 0 Å². The molecule has 21 heavy (non-hydrogen) atoms. The summed E-state index contributed by atoms with van der Waals surface area (Å²) in [6.45, 7) is 4.98. The van der Waals surface area contributed by atoms with Crippen molar-refractivity contribution in [3.63, 3.8) is 0 Å². The predicted octanol–water partition coefficient (Wildman–Crippen LogP) is 1.76. The quantitative estimate of drug-likeness (QED) is 0.861. The van der Waals surface area contributed by atoms with Crippen molar-refractivity contribution in [3.8, 4) is 5.75 Å². The Labute approximate surface area is 132 Å². The number of hydrogen-bond acceptors (Lipinski definition) is 4. The van der Waals surface area contributed by atoms with Gasteiger partial charge in [0.05, 0.1) is 12.0 Å². The number of ether oxygens (including phenoxy) is 1. The third kappa shape index (κ3) is 4.32. The normalized spacial score (nSPS) is 18.3. The molecule has 0 amide bonds. The maximum Gasteiger partial charge on any atom is 0.241 e. The Morgan fingerprint density at radius 1 is 1.33 bits per heavy atom. The lowest BCUT2D eigenvalue weighted by atomic mass is 10.1. The molecule has 1 aliphatic heterocycles. The van der Waals surface area contributed by atoms with E-state index in [0.717, 1.165) is 19.4 Å². The van der Waals surface area contributed by atoms with Gasteiger partial charge in [0, 0.05) is 12.6 Å². The average molecular weight is 335 g/mol. The van der Waals surface area contributed by atoms with Crippen LogP contribution in [0.15, 0.2) is 17.0 Å². The summed E-state index contributed by atoms with van der Waals surface area (Å²) in [5.74, 6) is 0.677. The van der Waals surface area contributed by atoms with Gasteiger partial charge in [-0.15, -0.1) is 12.4 Å². The molecule has 1 unspecified atom stereocenters. The molecule has 1 aliphatic rings. The van der Waals surface area contributed by atoms with E-state index in [1.807, 2.05) is 0 Å². The highest BCUT2D eigenvalue weighted by molar-refractivity contribution is 7.89. The topological polar surface area (TPSA) is 67.4 Å². The number of hydrogen-bond donors (Lipinski definition) is 2. The maximum atomic E-state index is 12.5. The molecule has 1 heterocycles. The first-order valence-corrected chi connectivity index (χ1v) is 8.30. The molecule has 2 N–H and O–H groups in total. The van der Waals surface area contributed by atoms with Crippen LogP contribution in [0.1, 0.15) is 24.0 Å². The van der Waals surface area contributed by atoms with Crippen molar-refractivity contribution in [2.45, 2.75) is 37.6 Å². The molecule has 0 bridgehead atoms. The van der Waals surface area contributed by atoms with Gasteiger partial charge in [0.2, 0.25) is 10.0 Å². The third-order valence-corrected chi connectivity index (χ3v) is 5.35. The molecule has 1 aromatic rings. The van der Waals surface area contributed by atoms with Gasteiger partial charge in [-0.25, -0.2) is 13.1 Å². The first-order valence-electron chi connectivity index (χ1n) is 6.82. The van der Waals surface area contributed by atoms with E-state index in [2.05, 4.69) is 10.0 Å². The zero-order valence-corrected chi connectivity index (χ0v) is 14.2. The second kappa shape index (κ2) is 7.45. The van der Waals surface area contributed by atoms with Gasteiger partial charge in [0.15, 0.2) is 0 Å². The van der Waals surface area contributed by atoms with Crippen LogP contribution < -0.4 is 14.8 Å². The lowest BCUT2D eigenvalue weighted by Gasteiger charge is -2.16. The Kier molecular flexibility index (Phi) is 6.46. The van der Waals surface area contributed by atoms with Crippen molar-refractivity contribution in [1.82, 2.24) is 10.0 Å². The molecule has 0 spiro atoms. The van der Waals surface area contributed by atoms with Crippen LogP contribution in [0.4, 0.5) is 0 Å². The lowest BCUT2D eigenvalue weighted by molar-refractivity contribution is 0.413. The van der Waals surface area contributed by atoms with Crippen molar-refractivity contribution in [3.05, 3.63) is 23.3 Å². The zero-order valence-electron chi connectivity index (χ0n) is 12.6. The minimum absolute atomic E-state index is 0. The number of methoxy groups -OCH3 is 1. The fraction of sp³-hybridized carbons (Fsp3) is 0.571. The molecule has 7 heteroatoms. The van der Waals surface area contributed by atoms with Gasteiger partial charge >= 0.3 is 0 Å².